The van der Waals surface area contributed by atoms with E-state index < -0.39 is 17.2 Å². The van der Waals surface area contributed by atoms with E-state index >= 15 is 0 Å². The first-order valence-corrected chi connectivity index (χ1v) is 5.66. The Morgan fingerprint density at radius 2 is 2.37 bits per heavy atom. The van der Waals surface area contributed by atoms with Gasteiger partial charge in [0, 0.05) is 6.20 Å². The van der Waals surface area contributed by atoms with Crippen LogP contribution in [0.5, 0.6) is 5.75 Å². The van der Waals surface area contributed by atoms with E-state index in [9.17, 15) is 14.0 Å². The normalized spacial score (nSPS) is 17.3. The molecule has 1 aromatic heterocycles. The van der Waals surface area contributed by atoms with E-state index in [-0.39, 0.29) is 29.3 Å². The molecule has 0 saturated heterocycles. The fourth-order valence-corrected chi connectivity index (χ4v) is 2.25. The number of benzene rings is 1. The highest BCUT2D eigenvalue weighted by Gasteiger charge is 2.24. The minimum Gasteiger partial charge on any atom is -0.488 e. The van der Waals surface area contributed by atoms with Crippen molar-refractivity contribution in [3.8, 4) is 5.75 Å². The molecule has 2 aromatic rings. The molecule has 1 atom stereocenters. The summed E-state index contributed by atoms with van der Waals surface area (Å²) in [4.78, 5) is 23.1. The summed E-state index contributed by atoms with van der Waals surface area (Å²) in [6.45, 7) is 2.09. The van der Waals surface area contributed by atoms with Gasteiger partial charge >= 0.3 is 5.97 Å². The first kappa shape index (κ1) is 11.7. The molecule has 0 spiro atoms. The third kappa shape index (κ3) is 1.60. The summed E-state index contributed by atoms with van der Waals surface area (Å²) in [7, 11) is 0. The van der Waals surface area contributed by atoms with E-state index in [1.165, 1.54) is 6.20 Å². The van der Waals surface area contributed by atoms with E-state index in [0.29, 0.717) is 5.52 Å². The molecule has 1 N–H and O–H groups in total. The van der Waals surface area contributed by atoms with E-state index in [1.54, 1.807) is 4.57 Å². The molecule has 19 heavy (non-hydrogen) atoms. The molecule has 0 aliphatic carbocycles. The molecule has 1 aliphatic heterocycles. The SMILES string of the molecule is CC1COc2[c]c(F)cc3c(=O)c(C(=O)O)cn1c23. The lowest BCUT2D eigenvalue weighted by atomic mass is 10.1. The van der Waals surface area contributed by atoms with E-state index in [2.05, 4.69) is 6.07 Å². The summed E-state index contributed by atoms with van der Waals surface area (Å²) in [5.74, 6) is -1.94. The van der Waals surface area contributed by atoms with Crippen molar-refractivity contribution in [3.63, 3.8) is 0 Å². The molecular weight excluding hydrogens is 253 g/mol. The highest BCUT2D eigenvalue weighted by molar-refractivity contribution is 5.94. The van der Waals surface area contributed by atoms with Gasteiger partial charge < -0.3 is 14.4 Å². The largest absolute Gasteiger partial charge is 0.488 e. The number of hydrogen-bond donors (Lipinski definition) is 1. The zero-order valence-corrected chi connectivity index (χ0v) is 9.94. The monoisotopic (exact) mass is 262 g/mol. The zero-order chi connectivity index (χ0) is 13.7. The van der Waals surface area contributed by atoms with Gasteiger partial charge in [-0.15, -0.1) is 0 Å². The van der Waals surface area contributed by atoms with Crippen molar-refractivity contribution in [2.75, 3.05) is 6.61 Å². The van der Waals surface area contributed by atoms with Gasteiger partial charge in [0.25, 0.3) is 0 Å². The van der Waals surface area contributed by atoms with Crippen molar-refractivity contribution in [1.82, 2.24) is 4.57 Å². The second-order valence-electron chi connectivity index (χ2n) is 4.45. The highest BCUT2D eigenvalue weighted by Crippen LogP contribution is 2.31. The molecule has 0 amide bonds. The Hall–Kier alpha value is -2.37. The van der Waals surface area contributed by atoms with E-state index in [1.807, 2.05) is 6.92 Å². The predicted octanol–water partition coefficient (Wildman–Crippen LogP) is 1.59. The van der Waals surface area contributed by atoms with Crippen molar-refractivity contribution in [1.29, 1.82) is 0 Å². The lowest BCUT2D eigenvalue weighted by Gasteiger charge is -2.26. The number of hydrogen-bond acceptors (Lipinski definition) is 3. The van der Waals surface area contributed by atoms with Gasteiger partial charge in [-0.2, -0.15) is 0 Å². The van der Waals surface area contributed by atoms with Crippen molar-refractivity contribution in [2.45, 2.75) is 13.0 Å². The van der Waals surface area contributed by atoms with Crippen LogP contribution in [-0.2, 0) is 0 Å². The van der Waals surface area contributed by atoms with Gasteiger partial charge in [0.2, 0.25) is 5.43 Å². The van der Waals surface area contributed by atoms with Crippen LogP contribution in [0, 0.1) is 11.9 Å². The van der Waals surface area contributed by atoms with Gasteiger partial charge in [-0.1, -0.05) is 0 Å². The van der Waals surface area contributed by atoms with Crippen molar-refractivity contribution >= 4 is 16.9 Å². The topological polar surface area (TPSA) is 68.5 Å². The number of ether oxygens (including phenoxy) is 1. The molecule has 6 heteroatoms. The summed E-state index contributed by atoms with van der Waals surface area (Å²) in [6.07, 6.45) is 1.27. The maximum atomic E-state index is 13.4. The molecule has 1 radical (unpaired) electrons. The first-order chi connectivity index (χ1) is 8.99. The number of carboxylic acids is 1. The van der Waals surface area contributed by atoms with Crippen LogP contribution in [0.2, 0.25) is 0 Å². The Morgan fingerprint density at radius 1 is 1.63 bits per heavy atom. The Bertz CT molecular complexity index is 765. The molecule has 1 aromatic carbocycles. The Labute approximate surface area is 106 Å². The predicted molar refractivity (Wildman–Crippen MR) is 64.2 cm³/mol. The van der Waals surface area contributed by atoms with Crippen LogP contribution in [0.4, 0.5) is 4.39 Å². The minimum atomic E-state index is -1.33. The molecule has 0 fully saturated rings. The molecule has 0 bridgehead atoms. The smallest absolute Gasteiger partial charge is 0.341 e. The average molecular weight is 262 g/mol. The maximum Gasteiger partial charge on any atom is 0.341 e. The van der Waals surface area contributed by atoms with Crippen LogP contribution in [0.15, 0.2) is 17.1 Å². The number of halogens is 1. The third-order valence-electron chi connectivity index (χ3n) is 3.16. The molecule has 5 nitrogen and oxygen atoms in total. The zero-order valence-electron chi connectivity index (χ0n) is 9.94. The summed E-state index contributed by atoms with van der Waals surface area (Å²) < 4.78 is 20.4. The maximum absolute atomic E-state index is 13.4. The summed E-state index contributed by atoms with van der Waals surface area (Å²) >= 11 is 0. The van der Waals surface area contributed by atoms with Crippen molar-refractivity contribution < 1.29 is 19.0 Å². The Morgan fingerprint density at radius 3 is 3.05 bits per heavy atom. The highest BCUT2D eigenvalue weighted by atomic mass is 19.1. The lowest BCUT2D eigenvalue weighted by molar-refractivity contribution is 0.0694. The van der Waals surface area contributed by atoms with Crippen LogP contribution in [-0.4, -0.2) is 22.2 Å². The van der Waals surface area contributed by atoms with Crippen LogP contribution in [0.3, 0.4) is 0 Å². The number of rotatable bonds is 1. The summed E-state index contributed by atoms with van der Waals surface area (Å²) in [5, 5.41) is 9.04. The van der Waals surface area contributed by atoms with Gasteiger partial charge in [-0.05, 0) is 13.0 Å². The first-order valence-electron chi connectivity index (χ1n) is 5.66. The number of nitrogens with zero attached hydrogens (tertiary/aromatic N) is 1. The van der Waals surface area contributed by atoms with Crippen LogP contribution >= 0.6 is 0 Å². The van der Waals surface area contributed by atoms with Gasteiger partial charge in [0.15, 0.2) is 5.75 Å². The standard InChI is InChI=1S/C13H9FNO4/c1-6-5-19-10-3-7(14)2-8-11(10)15(6)4-9(12(8)16)13(17)18/h2,4,6H,5H2,1H3,(H,17,18). The third-order valence-corrected chi connectivity index (χ3v) is 3.16. The number of carboxylic acid groups (broad SMARTS) is 1. The Kier molecular flexibility index (Phi) is 2.35. The Balaban J connectivity index is 2.53. The summed E-state index contributed by atoms with van der Waals surface area (Å²) in [5.41, 5.74) is -0.710. The van der Waals surface area contributed by atoms with Gasteiger partial charge in [0.05, 0.1) is 23.0 Å². The van der Waals surface area contributed by atoms with Crippen molar-refractivity contribution in [3.05, 3.63) is 39.9 Å². The molecule has 97 valence electrons. The van der Waals surface area contributed by atoms with Gasteiger partial charge in [-0.3, -0.25) is 4.79 Å². The molecular formula is C13H9FNO4. The minimum absolute atomic E-state index is 0.00213. The number of pyridine rings is 1. The quantitative estimate of drug-likeness (QED) is 0.847. The fraction of sp³-hybridized carbons (Fsp3) is 0.231. The molecule has 3 rings (SSSR count). The van der Waals surface area contributed by atoms with Crippen LogP contribution in [0.25, 0.3) is 10.9 Å². The fourth-order valence-electron chi connectivity index (χ4n) is 2.25. The number of aromatic nitrogens is 1. The van der Waals surface area contributed by atoms with Gasteiger partial charge in [0.1, 0.15) is 18.0 Å². The second-order valence-corrected chi connectivity index (χ2v) is 4.45. The average Bonchev–Trinajstić information content (AvgIpc) is 2.35. The second kappa shape index (κ2) is 3.81. The van der Waals surface area contributed by atoms with E-state index in [0.717, 1.165) is 6.07 Å². The van der Waals surface area contributed by atoms with Crippen molar-refractivity contribution in [2.24, 2.45) is 0 Å². The molecule has 0 saturated carbocycles. The summed E-state index contributed by atoms with van der Waals surface area (Å²) in [6, 6.07) is 3.24. The van der Waals surface area contributed by atoms with E-state index in [4.69, 9.17) is 9.84 Å². The number of carbonyl (C=O) groups is 1. The van der Waals surface area contributed by atoms with Crippen LogP contribution in [0.1, 0.15) is 23.3 Å². The molecule has 2 heterocycles. The van der Waals surface area contributed by atoms with Crippen LogP contribution < -0.4 is 10.2 Å². The number of aromatic carboxylic acids is 1. The van der Waals surface area contributed by atoms with Gasteiger partial charge in [-0.25, -0.2) is 9.18 Å². The molecule has 1 unspecified atom stereocenters. The lowest BCUT2D eigenvalue weighted by Crippen LogP contribution is -2.26. The molecule has 1 aliphatic rings.